The first kappa shape index (κ1) is 51.1. The highest BCUT2D eigenvalue weighted by Gasteiger charge is 2.24. The Morgan fingerprint density at radius 3 is 1.57 bits per heavy atom. The summed E-state index contributed by atoms with van der Waals surface area (Å²) in [6.07, 6.45) is 46.3. The lowest BCUT2D eigenvalue weighted by Crippen LogP contribution is -2.46. The van der Waals surface area contributed by atoms with Gasteiger partial charge >= 0.3 is 5.97 Å². The fraction of sp³-hybridized carbons (Fsp3) is 0.830. The molecule has 0 radical (unpaired) electrons. The second-order valence-corrected chi connectivity index (χ2v) is 15.4. The number of carbonyl (C=O) groups excluding carboxylic acids is 2. The molecule has 0 saturated carbocycles. The number of unbranched alkanes of at least 4 members (excludes halogenated alkanes) is 22. The molecule has 0 bridgehead atoms. The Balaban J connectivity index is 4.63. The van der Waals surface area contributed by atoms with Crippen LogP contribution in [0.5, 0.6) is 0 Å². The molecule has 3 atom stereocenters. The van der Waals surface area contributed by atoms with E-state index in [1.807, 2.05) is 0 Å². The molecule has 6 nitrogen and oxygen atoms in total. The largest absolute Gasteiger partial charge is 0.462 e. The van der Waals surface area contributed by atoms with Crippen LogP contribution in [0.3, 0.4) is 0 Å². The van der Waals surface area contributed by atoms with E-state index < -0.39 is 18.2 Å². The molecule has 0 aromatic carbocycles. The van der Waals surface area contributed by atoms with E-state index in [0.717, 1.165) is 83.5 Å². The minimum Gasteiger partial charge on any atom is -0.462 e. The van der Waals surface area contributed by atoms with E-state index in [9.17, 15) is 19.8 Å². The van der Waals surface area contributed by atoms with E-state index in [-0.39, 0.29) is 24.9 Å². The van der Waals surface area contributed by atoms with Crippen molar-refractivity contribution >= 4 is 11.9 Å². The highest BCUT2D eigenvalue weighted by atomic mass is 16.5. The number of allylic oxidation sites excluding steroid dienone is 6. The number of hydrogen-bond donors (Lipinski definition) is 3. The second-order valence-electron chi connectivity index (χ2n) is 15.4. The van der Waals surface area contributed by atoms with E-state index in [4.69, 9.17) is 4.74 Å². The van der Waals surface area contributed by atoms with Gasteiger partial charge in [-0.15, -0.1) is 0 Å². The summed E-state index contributed by atoms with van der Waals surface area (Å²) < 4.78 is 5.88. The predicted molar refractivity (Wildman–Crippen MR) is 227 cm³/mol. The van der Waals surface area contributed by atoms with Crippen LogP contribution >= 0.6 is 0 Å². The number of nitrogens with one attached hydrogen (secondary N) is 1. The topological polar surface area (TPSA) is 95.9 Å². The molecule has 0 saturated heterocycles. The van der Waals surface area contributed by atoms with Crippen molar-refractivity contribution in [3.63, 3.8) is 0 Å². The summed E-state index contributed by atoms with van der Waals surface area (Å²) in [6, 6.07) is -0.703. The van der Waals surface area contributed by atoms with E-state index in [0.29, 0.717) is 19.3 Å². The maximum Gasteiger partial charge on any atom is 0.306 e. The van der Waals surface area contributed by atoms with Gasteiger partial charge in [0.1, 0.15) is 6.10 Å². The minimum absolute atomic E-state index is 0.0659. The summed E-state index contributed by atoms with van der Waals surface area (Å²) in [5.41, 5.74) is 0. The van der Waals surface area contributed by atoms with Crippen LogP contribution in [0.1, 0.15) is 226 Å². The Hall–Kier alpha value is -1.92. The molecule has 310 valence electrons. The van der Waals surface area contributed by atoms with Crippen LogP contribution in [-0.4, -0.2) is 46.9 Å². The van der Waals surface area contributed by atoms with Gasteiger partial charge in [0.25, 0.3) is 0 Å². The van der Waals surface area contributed by atoms with Crippen molar-refractivity contribution in [3.8, 4) is 0 Å². The van der Waals surface area contributed by atoms with Gasteiger partial charge in [0.05, 0.1) is 25.2 Å². The SMILES string of the molecule is CCC/C=C\CCCCCCCC(=O)OC(CCCCCCC/C=C\C/C=C\CCCCC)CC(=O)NC(CO)C(O)CCCCCCCCCCC. The maximum atomic E-state index is 13.1. The second kappa shape index (κ2) is 41.2. The fourth-order valence-corrected chi connectivity index (χ4v) is 6.70. The van der Waals surface area contributed by atoms with Crippen molar-refractivity contribution in [2.24, 2.45) is 0 Å². The Kier molecular flexibility index (Phi) is 39.8. The third kappa shape index (κ3) is 36.8. The van der Waals surface area contributed by atoms with Gasteiger partial charge in [0, 0.05) is 6.42 Å². The number of esters is 1. The van der Waals surface area contributed by atoms with Gasteiger partial charge in [-0.2, -0.15) is 0 Å². The lowest BCUT2D eigenvalue weighted by molar-refractivity contribution is -0.151. The van der Waals surface area contributed by atoms with Crippen LogP contribution in [0.15, 0.2) is 36.5 Å². The maximum absolute atomic E-state index is 13.1. The fourth-order valence-electron chi connectivity index (χ4n) is 6.70. The van der Waals surface area contributed by atoms with Gasteiger partial charge in [-0.1, -0.05) is 173 Å². The first-order valence-electron chi connectivity index (χ1n) is 22.7. The van der Waals surface area contributed by atoms with Gasteiger partial charge in [0.15, 0.2) is 0 Å². The third-order valence-corrected chi connectivity index (χ3v) is 10.2. The van der Waals surface area contributed by atoms with Crippen LogP contribution in [-0.2, 0) is 14.3 Å². The number of amides is 1. The first-order valence-corrected chi connectivity index (χ1v) is 22.7. The summed E-state index contributed by atoms with van der Waals surface area (Å²) >= 11 is 0. The van der Waals surface area contributed by atoms with Crippen molar-refractivity contribution in [1.29, 1.82) is 0 Å². The molecule has 53 heavy (non-hydrogen) atoms. The molecule has 0 heterocycles. The van der Waals surface area contributed by atoms with E-state index >= 15 is 0 Å². The Bertz CT molecular complexity index is 884. The van der Waals surface area contributed by atoms with Crippen LogP contribution < -0.4 is 5.32 Å². The Morgan fingerprint density at radius 1 is 0.547 bits per heavy atom. The van der Waals surface area contributed by atoms with Crippen LogP contribution in [0.4, 0.5) is 0 Å². The molecule has 3 unspecified atom stereocenters. The molecule has 0 aromatic rings. The molecule has 1 amide bonds. The first-order chi connectivity index (χ1) is 26.0. The summed E-state index contributed by atoms with van der Waals surface area (Å²) in [6.45, 7) is 6.36. The molecule has 0 aliphatic carbocycles. The molecule has 0 aliphatic rings. The monoisotopic (exact) mass is 746 g/mol. The van der Waals surface area contributed by atoms with E-state index in [1.165, 1.54) is 96.3 Å². The summed E-state index contributed by atoms with van der Waals surface area (Å²) in [4.78, 5) is 25.9. The standard InChI is InChI=1S/C47H87NO5/c1-4-7-10-13-16-19-21-22-23-24-25-27-29-32-35-38-43(53-47(52)40-37-34-31-28-20-17-14-11-8-5-2)41-46(51)48-44(42-49)45(50)39-36-33-30-26-18-15-12-9-6-3/h11,14,16,19,22-23,43-45,49-50H,4-10,12-13,15,17-18,20-21,24-42H2,1-3H3,(H,48,51)/b14-11-,19-16-,23-22-. The number of aliphatic hydroxyl groups excluding tert-OH is 2. The highest BCUT2D eigenvalue weighted by molar-refractivity contribution is 5.77. The van der Waals surface area contributed by atoms with Crippen molar-refractivity contribution < 1.29 is 24.5 Å². The van der Waals surface area contributed by atoms with Crippen molar-refractivity contribution in [2.75, 3.05) is 6.61 Å². The summed E-state index contributed by atoms with van der Waals surface area (Å²) in [5, 5.41) is 23.6. The molecule has 0 rings (SSSR count). The van der Waals surface area contributed by atoms with Gasteiger partial charge in [0.2, 0.25) is 5.91 Å². The summed E-state index contributed by atoms with van der Waals surface area (Å²) in [7, 11) is 0. The average molecular weight is 746 g/mol. The normalized spacial score (nSPS) is 13.7. The number of ether oxygens (including phenoxy) is 1. The molecule has 0 aliphatic heterocycles. The van der Waals surface area contributed by atoms with Crippen molar-refractivity contribution in [1.82, 2.24) is 5.32 Å². The van der Waals surface area contributed by atoms with Crippen LogP contribution in [0.2, 0.25) is 0 Å². The highest BCUT2D eigenvalue weighted by Crippen LogP contribution is 2.17. The van der Waals surface area contributed by atoms with E-state index in [2.05, 4.69) is 62.5 Å². The van der Waals surface area contributed by atoms with Gasteiger partial charge in [-0.25, -0.2) is 0 Å². The molecule has 0 spiro atoms. The zero-order valence-electron chi connectivity index (χ0n) is 35.1. The molecular weight excluding hydrogens is 659 g/mol. The summed E-state index contributed by atoms with van der Waals surface area (Å²) in [5.74, 6) is -0.499. The Morgan fingerprint density at radius 2 is 1.00 bits per heavy atom. The lowest BCUT2D eigenvalue weighted by atomic mass is 10.0. The number of carbonyl (C=O) groups is 2. The van der Waals surface area contributed by atoms with Gasteiger partial charge in [-0.3, -0.25) is 9.59 Å². The molecule has 3 N–H and O–H groups in total. The van der Waals surface area contributed by atoms with Crippen LogP contribution in [0, 0.1) is 0 Å². The quantitative estimate of drug-likeness (QED) is 0.0330. The Labute approximate surface area is 328 Å². The molecule has 6 heteroatoms. The molecule has 0 aromatic heterocycles. The van der Waals surface area contributed by atoms with E-state index in [1.54, 1.807) is 0 Å². The van der Waals surface area contributed by atoms with Gasteiger partial charge in [-0.05, 0) is 77.0 Å². The van der Waals surface area contributed by atoms with Gasteiger partial charge < -0.3 is 20.3 Å². The lowest BCUT2D eigenvalue weighted by Gasteiger charge is -2.24. The minimum atomic E-state index is -0.788. The average Bonchev–Trinajstić information content (AvgIpc) is 3.15. The van der Waals surface area contributed by atoms with Crippen molar-refractivity contribution in [3.05, 3.63) is 36.5 Å². The zero-order chi connectivity index (χ0) is 38.9. The van der Waals surface area contributed by atoms with Crippen molar-refractivity contribution in [2.45, 2.75) is 244 Å². The number of hydrogen-bond acceptors (Lipinski definition) is 5. The number of rotatable bonds is 40. The smallest absolute Gasteiger partial charge is 0.306 e. The molecular formula is C47H87NO5. The van der Waals surface area contributed by atoms with Crippen LogP contribution in [0.25, 0.3) is 0 Å². The third-order valence-electron chi connectivity index (χ3n) is 10.2. The predicted octanol–water partition coefficient (Wildman–Crippen LogP) is 12.9. The zero-order valence-corrected chi connectivity index (χ0v) is 35.1. The number of aliphatic hydroxyl groups is 2. The molecule has 0 fully saturated rings.